The third-order valence-electron chi connectivity index (χ3n) is 4.57. The second-order valence-corrected chi connectivity index (χ2v) is 6.57. The molecule has 0 radical (unpaired) electrons. The molecule has 2 aromatic heterocycles. The highest BCUT2D eigenvalue weighted by molar-refractivity contribution is 5.92. The molecule has 1 amide bonds. The minimum absolute atomic E-state index is 0.215. The maximum atomic E-state index is 13.8. The van der Waals surface area contributed by atoms with Crippen LogP contribution >= 0.6 is 0 Å². The normalized spacial score (nSPS) is 10.9. The zero-order valence-corrected chi connectivity index (χ0v) is 15.3. The molecular weight excluding hydrogens is 357 g/mol. The molecule has 0 atom stereocenters. The monoisotopic (exact) mass is 375 g/mol. The van der Waals surface area contributed by atoms with Gasteiger partial charge < -0.3 is 4.90 Å². The molecule has 2 aromatic carbocycles. The molecule has 2 heterocycles. The number of benzene rings is 2. The Kier molecular flexibility index (Phi) is 4.80. The van der Waals surface area contributed by atoms with Crippen molar-refractivity contribution in [2.45, 2.75) is 13.1 Å². The van der Waals surface area contributed by atoms with E-state index in [2.05, 4.69) is 15.3 Å². The molecule has 4 aromatic rings. The lowest BCUT2D eigenvalue weighted by molar-refractivity contribution is 0.0779. The van der Waals surface area contributed by atoms with Crippen LogP contribution in [0.5, 0.6) is 0 Å². The van der Waals surface area contributed by atoms with Crippen LogP contribution in [0.4, 0.5) is 4.39 Å². The largest absolute Gasteiger partial charge is 0.336 e. The first kappa shape index (κ1) is 17.8. The number of hydrogen-bond donors (Lipinski definition) is 0. The van der Waals surface area contributed by atoms with Crippen molar-refractivity contribution in [2.75, 3.05) is 7.05 Å². The maximum absolute atomic E-state index is 13.8. The van der Waals surface area contributed by atoms with E-state index in [9.17, 15) is 9.18 Å². The van der Waals surface area contributed by atoms with E-state index in [-0.39, 0.29) is 24.0 Å². The van der Waals surface area contributed by atoms with Gasteiger partial charge in [0.05, 0.1) is 12.7 Å². The molecule has 0 aliphatic heterocycles. The highest BCUT2D eigenvalue weighted by Crippen LogP contribution is 2.19. The molecule has 7 heteroatoms. The molecule has 0 saturated carbocycles. The third kappa shape index (κ3) is 3.59. The lowest BCUT2D eigenvalue weighted by Gasteiger charge is -2.17. The third-order valence-corrected chi connectivity index (χ3v) is 4.57. The average molecular weight is 375 g/mol. The van der Waals surface area contributed by atoms with E-state index in [1.54, 1.807) is 42.5 Å². The minimum Gasteiger partial charge on any atom is -0.336 e. The van der Waals surface area contributed by atoms with Crippen LogP contribution in [0.3, 0.4) is 0 Å². The van der Waals surface area contributed by atoms with Gasteiger partial charge in [0.1, 0.15) is 5.82 Å². The summed E-state index contributed by atoms with van der Waals surface area (Å²) in [4.78, 5) is 18.5. The Morgan fingerprint density at radius 1 is 1.11 bits per heavy atom. The predicted octanol–water partition coefficient (Wildman–Crippen LogP) is 3.29. The highest BCUT2D eigenvalue weighted by Gasteiger charge is 2.17. The topological polar surface area (TPSA) is 63.9 Å². The van der Waals surface area contributed by atoms with E-state index in [4.69, 9.17) is 0 Å². The molecule has 0 fully saturated rings. The van der Waals surface area contributed by atoms with Crippen molar-refractivity contribution in [1.29, 1.82) is 0 Å². The van der Waals surface area contributed by atoms with E-state index >= 15 is 0 Å². The summed E-state index contributed by atoms with van der Waals surface area (Å²) in [7, 11) is 1.72. The second kappa shape index (κ2) is 7.56. The number of halogens is 1. The van der Waals surface area contributed by atoms with Gasteiger partial charge in [0, 0.05) is 36.9 Å². The summed E-state index contributed by atoms with van der Waals surface area (Å²) in [6, 6.07) is 14.3. The summed E-state index contributed by atoms with van der Waals surface area (Å²) in [5.41, 5.74) is 1.74. The fourth-order valence-electron chi connectivity index (χ4n) is 3.13. The first-order valence-corrected chi connectivity index (χ1v) is 8.82. The maximum Gasteiger partial charge on any atom is 0.276 e. The van der Waals surface area contributed by atoms with Gasteiger partial charge in [0.2, 0.25) is 0 Å². The molecule has 0 aliphatic rings. The molecule has 4 rings (SSSR count). The van der Waals surface area contributed by atoms with Gasteiger partial charge in [-0.3, -0.25) is 9.78 Å². The van der Waals surface area contributed by atoms with Gasteiger partial charge in [0.25, 0.3) is 5.91 Å². The number of carbonyl (C=O) groups is 1. The van der Waals surface area contributed by atoms with Crippen LogP contribution in [0.15, 0.2) is 67.1 Å². The molecule has 0 N–H and O–H groups in total. The minimum atomic E-state index is -0.312. The second-order valence-electron chi connectivity index (χ2n) is 6.57. The number of pyridine rings is 1. The van der Waals surface area contributed by atoms with Gasteiger partial charge in [0.15, 0.2) is 5.69 Å². The van der Waals surface area contributed by atoms with Gasteiger partial charge >= 0.3 is 0 Å². The van der Waals surface area contributed by atoms with Gasteiger partial charge in [-0.25, -0.2) is 9.07 Å². The number of carbonyl (C=O) groups excluding carboxylic acids is 1. The Balaban J connectivity index is 1.50. The number of fused-ring (bicyclic) bond motifs is 1. The van der Waals surface area contributed by atoms with Crippen molar-refractivity contribution in [3.63, 3.8) is 0 Å². The van der Waals surface area contributed by atoms with Crippen molar-refractivity contribution in [2.24, 2.45) is 0 Å². The van der Waals surface area contributed by atoms with Gasteiger partial charge in [-0.2, -0.15) is 0 Å². The lowest BCUT2D eigenvalue weighted by Crippen LogP contribution is -2.26. The standard InChI is InChI=1S/C21H18FN5O/c1-26(12-16-7-4-6-15-11-23-10-9-18(15)16)21(28)20-14-27(25-24-20)13-17-5-2-3-8-19(17)22/h2-11,14H,12-13H2,1H3. The summed E-state index contributed by atoms with van der Waals surface area (Å²) >= 11 is 0. The first-order chi connectivity index (χ1) is 13.6. The first-order valence-electron chi connectivity index (χ1n) is 8.82. The molecule has 0 saturated heterocycles. The number of amides is 1. The lowest BCUT2D eigenvalue weighted by atomic mass is 10.1. The van der Waals surface area contributed by atoms with E-state index in [1.807, 2.05) is 24.3 Å². The fourth-order valence-corrected chi connectivity index (χ4v) is 3.13. The van der Waals surface area contributed by atoms with Crippen molar-refractivity contribution < 1.29 is 9.18 Å². The van der Waals surface area contributed by atoms with Crippen LogP contribution < -0.4 is 0 Å². The van der Waals surface area contributed by atoms with Crippen LogP contribution in [0.1, 0.15) is 21.6 Å². The summed E-state index contributed by atoms with van der Waals surface area (Å²) in [6.45, 7) is 0.646. The predicted molar refractivity (Wildman–Crippen MR) is 103 cm³/mol. The smallest absolute Gasteiger partial charge is 0.276 e. The fraction of sp³-hybridized carbons (Fsp3) is 0.143. The van der Waals surface area contributed by atoms with Crippen LogP contribution in [0, 0.1) is 5.82 Å². The van der Waals surface area contributed by atoms with E-state index in [0.717, 1.165) is 16.3 Å². The Hall–Kier alpha value is -3.61. The number of rotatable bonds is 5. The molecule has 0 spiro atoms. The number of aromatic nitrogens is 4. The summed E-state index contributed by atoms with van der Waals surface area (Å²) in [6.07, 6.45) is 5.08. The van der Waals surface area contributed by atoms with Crippen LogP contribution in [-0.4, -0.2) is 37.8 Å². The molecule has 28 heavy (non-hydrogen) atoms. The molecule has 0 bridgehead atoms. The van der Waals surface area contributed by atoms with Crippen molar-refractivity contribution in [1.82, 2.24) is 24.9 Å². The SMILES string of the molecule is CN(Cc1cccc2cnccc12)C(=O)c1cn(Cc2ccccc2F)nn1. The van der Waals surface area contributed by atoms with Crippen LogP contribution in [-0.2, 0) is 13.1 Å². The summed E-state index contributed by atoms with van der Waals surface area (Å²) in [5, 5.41) is 9.99. The Morgan fingerprint density at radius 3 is 2.79 bits per heavy atom. The summed E-state index contributed by atoms with van der Waals surface area (Å²) < 4.78 is 15.3. The zero-order chi connectivity index (χ0) is 19.5. The molecule has 6 nitrogen and oxygen atoms in total. The summed E-state index contributed by atoms with van der Waals surface area (Å²) in [5.74, 6) is -0.556. The van der Waals surface area contributed by atoms with Crippen molar-refractivity contribution >= 4 is 16.7 Å². The Morgan fingerprint density at radius 2 is 1.93 bits per heavy atom. The molecule has 0 aliphatic carbocycles. The van der Waals surface area contributed by atoms with Gasteiger partial charge in [-0.15, -0.1) is 5.10 Å². The van der Waals surface area contributed by atoms with E-state index in [1.165, 1.54) is 16.9 Å². The van der Waals surface area contributed by atoms with Crippen LogP contribution in [0.2, 0.25) is 0 Å². The molecular formula is C21H18FN5O. The quantitative estimate of drug-likeness (QED) is 0.537. The molecule has 140 valence electrons. The number of hydrogen-bond acceptors (Lipinski definition) is 4. The number of nitrogens with zero attached hydrogens (tertiary/aromatic N) is 5. The van der Waals surface area contributed by atoms with Crippen LogP contribution in [0.25, 0.3) is 10.8 Å². The van der Waals surface area contributed by atoms with Gasteiger partial charge in [-0.1, -0.05) is 41.6 Å². The average Bonchev–Trinajstić information content (AvgIpc) is 3.18. The van der Waals surface area contributed by atoms with E-state index in [0.29, 0.717) is 12.1 Å². The Labute approximate surface area is 161 Å². The zero-order valence-electron chi connectivity index (χ0n) is 15.3. The molecule has 0 unspecified atom stereocenters. The Bertz CT molecular complexity index is 1140. The van der Waals surface area contributed by atoms with Crippen molar-refractivity contribution in [3.8, 4) is 0 Å². The highest BCUT2D eigenvalue weighted by atomic mass is 19.1. The van der Waals surface area contributed by atoms with Crippen molar-refractivity contribution in [3.05, 3.63) is 89.8 Å². The van der Waals surface area contributed by atoms with Gasteiger partial charge in [-0.05, 0) is 23.1 Å². The van der Waals surface area contributed by atoms with E-state index < -0.39 is 0 Å².